The molecule has 5 nitrogen and oxygen atoms in total. The summed E-state index contributed by atoms with van der Waals surface area (Å²) in [6.07, 6.45) is 3.60. The van der Waals surface area contributed by atoms with Gasteiger partial charge in [-0.15, -0.1) is 0 Å². The minimum absolute atomic E-state index is 0.0528. The lowest BCUT2D eigenvalue weighted by atomic mass is 9.96. The number of piperidine rings is 1. The number of rotatable bonds is 5. The molecule has 1 saturated heterocycles. The molecule has 1 aromatic heterocycles. The van der Waals surface area contributed by atoms with E-state index in [4.69, 9.17) is 16.6 Å². The van der Waals surface area contributed by atoms with E-state index in [9.17, 15) is 4.79 Å². The van der Waals surface area contributed by atoms with Gasteiger partial charge in [0, 0.05) is 26.2 Å². The van der Waals surface area contributed by atoms with Crippen molar-refractivity contribution >= 4 is 23.2 Å². The molecule has 22 heavy (non-hydrogen) atoms. The van der Waals surface area contributed by atoms with Crippen LogP contribution in [0.1, 0.15) is 32.4 Å². The van der Waals surface area contributed by atoms with Crippen LogP contribution in [0.3, 0.4) is 0 Å². The summed E-state index contributed by atoms with van der Waals surface area (Å²) in [5.41, 5.74) is 0. The van der Waals surface area contributed by atoms with Gasteiger partial charge in [-0.25, -0.2) is 0 Å². The molecule has 1 fully saturated rings. The minimum atomic E-state index is 0.0528. The molecular weight excluding hydrogens is 298 g/mol. The molecular formula is C16H25N3O2S. The molecule has 1 aliphatic heterocycles. The van der Waals surface area contributed by atoms with Crippen LogP contribution in [0.25, 0.3) is 0 Å². The van der Waals surface area contributed by atoms with Crippen molar-refractivity contribution in [2.75, 3.05) is 26.2 Å². The molecule has 1 unspecified atom stereocenters. The van der Waals surface area contributed by atoms with Crippen LogP contribution in [-0.2, 0) is 11.3 Å². The quantitative estimate of drug-likeness (QED) is 0.842. The van der Waals surface area contributed by atoms with Gasteiger partial charge in [0.05, 0.1) is 18.7 Å². The first kappa shape index (κ1) is 16.8. The molecule has 1 amide bonds. The van der Waals surface area contributed by atoms with Crippen LogP contribution in [0, 0.1) is 5.92 Å². The smallest absolute Gasteiger partial charge is 0.227 e. The highest BCUT2D eigenvalue weighted by atomic mass is 32.1. The number of furan rings is 1. The van der Waals surface area contributed by atoms with Crippen molar-refractivity contribution in [3.05, 3.63) is 24.2 Å². The SMILES string of the molecule is CCN(CC)C(=O)C1CCCN(C(=S)NCc2ccco2)C1. The maximum Gasteiger partial charge on any atom is 0.227 e. The standard InChI is InChI=1S/C16H25N3O2S/c1-3-18(4-2)15(20)13-7-5-9-19(12-13)16(22)17-11-14-8-6-10-21-14/h6,8,10,13H,3-5,7,9,11-12H2,1-2H3,(H,17,22). The fourth-order valence-electron chi connectivity index (χ4n) is 2.84. The van der Waals surface area contributed by atoms with Gasteiger partial charge in [0.15, 0.2) is 5.11 Å². The summed E-state index contributed by atoms with van der Waals surface area (Å²) in [4.78, 5) is 16.5. The summed E-state index contributed by atoms with van der Waals surface area (Å²) in [7, 11) is 0. The average molecular weight is 323 g/mol. The van der Waals surface area contributed by atoms with E-state index < -0.39 is 0 Å². The maximum absolute atomic E-state index is 12.5. The van der Waals surface area contributed by atoms with Crippen LogP contribution >= 0.6 is 12.2 Å². The molecule has 1 aromatic rings. The van der Waals surface area contributed by atoms with E-state index in [1.807, 2.05) is 30.9 Å². The summed E-state index contributed by atoms with van der Waals surface area (Å²) < 4.78 is 5.29. The Balaban J connectivity index is 1.86. The zero-order chi connectivity index (χ0) is 15.9. The highest BCUT2D eigenvalue weighted by molar-refractivity contribution is 7.80. The second-order valence-corrected chi connectivity index (χ2v) is 5.92. The molecule has 6 heteroatoms. The third-order valence-electron chi connectivity index (χ3n) is 4.13. The average Bonchev–Trinajstić information content (AvgIpc) is 3.07. The van der Waals surface area contributed by atoms with Crippen molar-refractivity contribution in [3.8, 4) is 0 Å². The van der Waals surface area contributed by atoms with Crippen LogP contribution in [0.4, 0.5) is 0 Å². The van der Waals surface area contributed by atoms with Gasteiger partial charge in [-0.1, -0.05) is 0 Å². The molecule has 1 atom stereocenters. The lowest BCUT2D eigenvalue weighted by Gasteiger charge is -2.35. The number of likely N-dealkylation sites (tertiary alicyclic amines) is 1. The molecule has 0 radical (unpaired) electrons. The molecule has 122 valence electrons. The molecule has 1 aliphatic rings. The molecule has 0 spiro atoms. The van der Waals surface area contributed by atoms with Crippen molar-refractivity contribution in [3.63, 3.8) is 0 Å². The summed E-state index contributed by atoms with van der Waals surface area (Å²) in [5.74, 6) is 1.16. The number of nitrogens with one attached hydrogen (secondary N) is 1. The highest BCUT2D eigenvalue weighted by Gasteiger charge is 2.29. The summed E-state index contributed by atoms with van der Waals surface area (Å²) in [6.45, 7) is 7.79. The Bertz CT molecular complexity index is 486. The van der Waals surface area contributed by atoms with Crippen molar-refractivity contribution in [1.29, 1.82) is 0 Å². The number of hydrogen-bond acceptors (Lipinski definition) is 3. The monoisotopic (exact) mass is 323 g/mol. The largest absolute Gasteiger partial charge is 0.467 e. The van der Waals surface area contributed by atoms with Crippen LogP contribution in [0.2, 0.25) is 0 Å². The van der Waals surface area contributed by atoms with Crippen LogP contribution in [0.5, 0.6) is 0 Å². The zero-order valence-corrected chi connectivity index (χ0v) is 14.2. The third-order valence-corrected chi connectivity index (χ3v) is 4.53. The Morgan fingerprint density at radius 1 is 1.50 bits per heavy atom. The van der Waals surface area contributed by atoms with Crippen molar-refractivity contribution < 1.29 is 9.21 Å². The van der Waals surface area contributed by atoms with E-state index in [-0.39, 0.29) is 11.8 Å². The fourth-order valence-corrected chi connectivity index (χ4v) is 3.08. The number of thiocarbonyl (C=S) groups is 1. The number of hydrogen-bond donors (Lipinski definition) is 1. The normalized spacial score (nSPS) is 18.1. The van der Waals surface area contributed by atoms with E-state index in [2.05, 4.69) is 10.2 Å². The van der Waals surface area contributed by atoms with E-state index in [0.717, 1.165) is 38.2 Å². The summed E-state index contributed by atoms with van der Waals surface area (Å²) >= 11 is 5.46. The molecule has 0 aromatic carbocycles. The number of amides is 1. The Morgan fingerprint density at radius 2 is 2.27 bits per heavy atom. The van der Waals surface area contributed by atoms with Gasteiger partial charge in [-0.05, 0) is 51.0 Å². The Morgan fingerprint density at radius 3 is 2.91 bits per heavy atom. The third kappa shape index (κ3) is 4.22. The van der Waals surface area contributed by atoms with Crippen LogP contribution in [-0.4, -0.2) is 47.0 Å². The topological polar surface area (TPSA) is 48.7 Å². The molecule has 0 aliphatic carbocycles. The lowest BCUT2D eigenvalue weighted by Crippen LogP contribution is -2.49. The van der Waals surface area contributed by atoms with Gasteiger partial charge in [-0.2, -0.15) is 0 Å². The molecule has 2 heterocycles. The minimum Gasteiger partial charge on any atom is -0.467 e. The van der Waals surface area contributed by atoms with Crippen LogP contribution in [0.15, 0.2) is 22.8 Å². The molecule has 2 rings (SSSR count). The van der Waals surface area contributed by atoms with E-state index >= 15 is 0 Å². The maximum atomic E-state index is 12.5. The van der Waals surface area contributed by atoms with Crippen molar-refractivity contribution in [1.82, 2.24) is 15.1 Å². The van der Waals surface area contributed by atoms with Gasteiger partial charge in [0.1, 0.15) is 5.76 Å². The van der Waals surface area contributed by atoms with Crippen molar-refractivity contribution in [2.24, 2.45) is 5.92 Å². The Kier molecular flexibility index (Phi) is 6.24. The predicted octanol–water partition coefficient (Wildman–Crippen LogP) is 2.23. The highest BCUT2D eigenvalue weighted by Crippen LogP contribution is 2.19. The second kappa shape index (κ2) is 8.17. The summed E-state index contributed by atoms with van der Waals surface area (Å²) in [6, 6.07) is 3.78. The molecule has 0 bridgehead atoms. The predicted molar refractivity (Wildman–Crippen MR) is 90.4 cm³/mol. The molecule has 1 N–H and O–H groups in total. The fraction of sp³-hybridized carbons (Fsp3) is 0.625. The number of carbonyl (C=O) groups excluding carboxylic acids is 1. The zero-order valence-electron chi connectivity index (χ0n) is 13.4. The summed E-state index contributed by atoms with van der Waals surface area (Å²) in [5, 5.41) is 3.91. The molecule has 0 saturated carbocycles. The van der Waals surface area contributed by atoms with Crippen molar-refractivity contribution in [2.45, 2.75) is 33.2 Å². The first-order valence-electron chi connectivity index (χ1n) is 7.99. The Hall–Kier alpha value is -1.56. The first-order chi connectivity index (χ1) is 10.7. The Labute approximate surface area is 137 Å². The van der Waals surface area contributed by atoms with Crippen LogP contribution < -0.4 is 5.32 Å². The number of carbonyl (C=O) groups is 1. The van der Waals surface area contributed by atoms with Gasteiger partial charge in [0.25, 0.3) is 0 Å². The number of nitrogens with zero attached hydrogens (tertiary/aromatic N) is 2. The van der Waals surface area contributed by atoms with E-state index in [1.165, 1.54) is 0 Å². The van der Waals surface area contributed by atoms with Gasteiger partial charge in [0.2, 0.25) is 5.91 Å². The van der Waals surface area contributed by atoms with Gasteiger partial charge < -0.3 is 19.5 Å². The van der Waals surface area contributed by atoms with E-state index in [0.29, 0.717) is 18.2 Å². The lowest BCUT2D eigenvalue weighted by molar-refractivity contribution is -0.136. The van der Waals surface area contributed by atoms with Gasteiger partial charge in [-0.3, -0.25) is 4.79 Å². The van der Waals surface area contributed by atoms with E-state index in [1.54, 1.807) is 6.26 Å². The van der Waals surface area contributed by atoms with Gasteiger partial charge >= 0.3 is 0 Å². The second-order valence-electron chi connectivity index (χ2n) is 5.53. The first-order valence-corrected chi connectivity index (χ1v) is 8.40.